The molecule has 5 rings (SSSR count). The molecule has 3 aliphatic rings. The molecule has 36 heavy (non-hydrogen) atoms. The minimum absolute atomic E-state index is 0.0401. The number of rotatable bonds is 5. The fraction of sp³-hybridized carbons (Fsp3) is 0.556. The number of nitrogens with zero attached hydrogens (tertiary/aromatic N) is 2. The zero-order valence-electron chi connectivity index (χ0n) is 20.9. The van der Waals surface area contributed by atoms with Crippen LogP contribution in [-0.2, 0) is 22.1 Å². The maximum Gasteiger partial charge on any atom is 0.270 e. The van der Waals surface area contributed by atoms with E-state index in [2.05, 4.69) is 26.4 Å². The van der Waals surface area contributed by atoms with Gasteiger partial charge in [-0.3, -0.25) is 19.1 Å². The van der Waals surface area contributed by atoms with Gasteiger partial charge >= 0.3 is 0 Å². The van der Waals surface area contributed by atoms with Crippen molar-refractivity contribution in [1.29, 1.82) is 0 Å². The van der Waals surface area contributed by atoms with Gasteiger partial charge in [0, 0.05) is 24.6 Å². The fourth-order valence-corrected chi connectivity index (χ4v) is 6.11. The van der Waals surface area contributed by atoms with Crippen LogP contribution in [0.4, 0.5) is 11.4 Å². The third-order valence-electron chi connectivity index (χ3n) is 8.19. The molecule has 2 fully saturated rings. The Bertz CT molecular complexity index is 1130. The molecule has 9 heteroatoms. The molecule has 4 N–H and O–H groups in total. The SMILES string of the molecule is Cn1nccc1C(=O)NC(C(=O)Nc1ccc2c(c1)NC(=O)C21CCNCC1)C1CCCCCCC1. The highest BCUT2D eigenvalue weighted by Gasteiger charge is 2.47. The molecule has 1 unspecified atom stereocenters. The summed E-state index contributed by atoms with van der Waals surface area (Å²) in [6.45, 7) is 1.62. The largest absolute Gasteiger partial charge is 0.339 e. The zero-order valence-corrected chi connectivity index (χ0v) is 20.9. The standard InChI is InChI=1S/C27H36N6O3/c1-33-22(11-14-29-33)24(34)32-23(18-7-5-3-2-4-6-8-18)25(35)30-19-9-10-20-21(17-19)31-26(36)27(20)12-15-28-16-13-27/h9-11,14,17-18,23,28H,2-8,12-13,15-16H2,1H3,(H,30,35)(H,31,36)(H,32,34). The molecule has 1 atom stereocenters. The quantitative estimate of drug-likeness (QED) is 0.512. The highest BCUT2D eigenvalue weighted by Crippen LogP contribution is 2.44. The molecular formula is C27H36N6O3. The van der Waals surface area contributed by atoms with Gasteiger partial charge in [0.25, 0.3) is 5.91 Å². The van der Waals surface area contributed by atoms with Gasteiger partial charge in [-0.25, -0.2) is 0 Å². The monoisotopic (exact) mass is 492 g/mol. The molecule has 2 aliphatic heterocycles. The van der Waals surface area contributed by atoms with E-state index in [1.54, 1.807) is 19.3 Å². The summed E-state index contributed by atoms with van der Waals surface area (Å²) in [6, 6.07) is 6.69. The number of benzene rings is 1. The Labute approximate surface area is 211 Å². The Hall–Kier alpha value is -3.20. The van der Waals surface area contributed by atoms with Crippen LogP contribution in [0, 0.1) is 5.92 Å². The first kappa shape index (κ1) is 24.5. The molecule has 1 aliphatic carbocycles. The minimum Gasteiger partial charge on any atom is -0.339 e. The zero-order chi connectivity index (χ0) is 25.1. The summed E-state index contributed by atoms with van der Waals surface area (Å²) in [4.78, 5) is 39.6. The van der Waals surface area contributed by atoms with Crippen LogP contribution >= 0.6 is 0 Å². The van der Waals surface area contributed by atoms with Gasteiger partial charge in [-0.1, -0.05) is 38.2 Å². The molecule has 1 aromatic carbocycles. The number of hydrogen-bond acceptors (Lipinski definition) is 5. The van der Waals surface area contributed by atoms with Crippen LogP contribution in [0.3, 0.4) is 0 Å². The van der Waals surface area contributed by atoms with E-state index in [9.17, 15) is 14.4 Å². The third-order valence-corrected chi connectivity index (χ3v) is 8.19. The van der Waals surface area contributed by atoms with E-state index in [4.69, 9.17) is 0 Å². The molecule has 2 aromatic rings. The van der Waals surface area contributed by atoms with Gasteiger partial charge in [0.05, 0.1) is 5.41 Å². The van der Waals surface area contributed by atoms with E-state index >= 15 is 0 Å². The Morgan fingerprint density at radius 2 is 1.81 bits per heavy atom. The molecule has 192 valence electrons. The average Bonchev–Trinajstić information content (AvgIpc) is 3.39. The summed E-state index contributed by atoms with van der Waals surface area (Å²) in [5, 5.41) is 16.5. The summed E-state index contributed by atoms with van der Waals surface area (Å²) in [7, 11) is 1.72. The van der Waals surface area contributed by atoms with Gasteiger partial charge in [0.2, 0.25) is 11.8 Å². The predicted octanol–water partition coefficient (Wildman–Crippen LogP) is 3.09. The average molecular weight is 493 g/mol. The summed E-state index contributed by atoms with van der Waals surface area (Å²) in [5.41, 5.74) is 2.33. The predicted molar refractivity (Wildman–Crippen MR) is 138 cm³/mol. The van der Waals surface area contributed by atoms with E-state index < -0.39 is 11.5 Å². The number of hydrogen-bond donors (Lipinski definition) is 4. The lowest BCUT2D eigenvalue weighted by Gasteiger charge is -2.32. The van der Waals surface area contributed by atoms with Crippen LogP contribution in [0.25, 0.3) is 0 Å². The number of carbonyl (C=O) groups excluding carboxylic acids is 3. The lowest BCUT2D eigenvalue weighted by molar-refractivity contribution is -0.121. The van der Waals surface area contributed by atoms with Crippen molar-refractivity contribution in [3.8, 4) is 0 Å². The number of carbonyl (C=O) groups is 3. The topological polar surface area (TPSA) is 117 Å². The van der Waals surface area contributed by atoms with Crippen molar-refractivity contribution >= 4 is 29.1 Å². The number of aromatic nitrogens is 2. The second kappa shape index (κ2) is 10.4. The first-order valence-electron chi connectivity index (χ1n) is 13.2. The van der Waals surface area contributed by atoms with Crippen LogP contribution in [0.2, 0.25) is 0 Å². The van der Waals surface area contributed by atoms with E-state index in [0.717, 1.165) is 75.7 Å². The van der Waals surface area contributed by atoms with Crippen LogP contribution in [0.15, 0.2) is 30.5 Å². The second-order valence-corrected chi connectivity index (χ2v) is 10.4. The highest BCUT2D eigenvalue weighted by atomic mass is 16.2. The van der Waals surface area contributed by atoms with Crippen LogP contribution in [-0.4, -0.2) is 46.6 Å². The maximum absolute atomic E-state index is 13.6. The van der Waals surface area contributed by atoms with Gasteiger partial charge in [-0.15, -0.1) is 0 Å². The van der Waals surface area contributed by atoms with E-state index in [1.807, 2.05) is 18.2 Å². The molecular weight excluding hydrogens is 456 g/mol. The number of aryl methyl sites for hydroxylation is 1. The molecule has 9 nitrogen and oxygen atoms in total. The Morgan fingerprint density at radius 1 is 1.08 bits per heavy atom. The third kappa shape index (κ3) is 4.76. The van der Waals surface area contributed by atoms with Gasteiger partial charge in [0.15, 0.2) is 0 Å². The lowest BCUT2D eigenvalue weighted by Crippen LogP contribution is -2.49. The van der Waals surface area contributed by atoms with Crippen LogP contribution in [0.1, 0.15) is 73.8 Å². The van der Waals surface area contributed by atoms with Crippen molar-refractivity contribution in [3.63, 3.8) is 0 Å². The maximum atomic E-state index is 13.6. The van der Waals surface area contributed by atoms with Crippen molar-refractivity contribution in [3.05, 3.63) is 41.7 Å². The molecule has 1 aromatic heterocycles. The number of piperidine rings is 1. The summed E-state index contributed by atoms with van der Waals surface area (Å²) >= 11 is 0. The summed E-state index contributed by atoms with van der Waals surface area (Å²) in [6.07, 6.45) is 10.6. The van der Waals surface area contributed by atoms with E-state index in [0.29, 0.717) is 11.4 Å². The van der Waals surface area contributed by atoms with Crippen molar-refractivity contribution < 1.29 is 14.4 Å². The van der Waals surface area contributed by atoms with Gasteiger partial charge < -0.3 is 21.3 Å². The highest BCUT2D eigenvalue weighted by molar-refractivity contribution is 6.07. The summed E-state index contributed by atoms with van der Waals surface area (Å²) < 4.78 is 1.52. The van der Waals surface area contributed by atoms with Crippen LogP contribution < -0.4 is 21.3 Å². The first-order chi connectivity index (χ1) is 17.5. The Morgan fingerprint density at radius 3 is 2.50 bits per heavy atom. The molecule has 3 amide bonds. The van der Waals surface area contributed by atoms with Crippen molar-refractivity contribution in [2.75, 3.05) is 23.7 Å². The molecule has 0 bridgehead atoms. The number of nitrogens with one attached hydrogen (secondary N) is 4. The second-order valence-electron chi connectivity index (χ2n) is 10.4. The lowest BCUT2D eigenvalue weighted by atomic mass is 9.74. The molecule has 1 spiro atoms. The Balaban J connectivity index is 1.36. The molecule has 0 radical (unpaired) electrons. The van der Waals surface area contributed by atoms with Crippen molar-refractivity contribution in [2.45, 2.75) is 69.2 Å². The fourth-order valence-electron chi connectivity index (χ4n) is 6.11. The number of fused-ring (bicyclic) bond motifs is 2. The molecule has 1 saturated carbocycles. The smallest absolute Gasteiger partial charge is 0.270 e. The van der Waals surface area contributed by atoms with Gasteiger partial charge in [0.1, 0.15) is 11.7 Å². The van der Waals surface area contributed by atoms with Crippen molar-refractivity contribution in [1.82, 2.24) is 20.4 Å². The van der Waals surface area contributed by atoms with E-state index in [1.165, 1.54) is 11.1 Å². The normalized spacial score (nSPS) is 20.6. The Kier molecular flexibility index (Phi) is 7.09. The number of amides is 3. The molecule has 3 heterocycles. The summed E-state index contributed by atoms with van der Waals surface area (Å²) in [5.74, 6) is -0.420. The van der Waals surface area contributed by atoms with Gasteiger partial charge in [-0.05, 0) is 68.5 Å². The van der Waals surface area contributed by atoms with Gasteiger partial charge in [-0.2, -0.15) is 5.10 Å². The minimum atomic E-state index is -0.649. The van der Waals surface area contributed by atoms with Crippen LogP contribution in [0.5, 0.6) is 0 Å². The van der Waals surface area contributed by atoms with E-state index in [-0.39, 0.29) is 23.6 Å². The first-order valence-corrected chi connectivity index (χ1v) is 13.2. The van der Waals surface area contributed by atoms with Crippen molar-refractivity contribution in [2.24, 2.45) is 13.0 Å². The number of anilines is 2. The molecule has 1 saturated heterocycles.